The van der Waals surface area contributed by atoms with E-state index in [1.165, 1.54) is 4.90 Å². The van der Waals surface area contributed by atoms with Gasteiger partial charge in [0.1, 0.15) is 0 Å². The zero-order valence-corrected chi connectivity index (χ0v) is 10.9. The molecule has 104 valence electrons. The monoisotopic (exact) mass is 275 g/mol. The lowest BCUT2D eigenvalue weighted by Crippen LogP contribution is -2.27. The molecule has 1 aliphatic rings. The molecule has 7 nitrogen and oxygen atoms in total. The molecule has 0 N–H and O–H groups in total. The number of ether oxygens (including phenoxy) is 1. The highest BCUT2D eigenvalue weighted by molar-refractivity contribution is 6.06. The third kappa shape index (κ3) is 2.71. The number of carbonyl (C=O) groups excluding carboxylic acids is 2. The van der Waals surface area contributed by atoms with E-state index in [2.05, 4.69) is 10.2 Å². The Hall–Kier alpha value is -2.57. The van der Waals surface area contributed by atoms with Gasteiger partial charge in [0.15, 0.2) is 5.70 Å². The number of amides is 1. The summed E-state index contributed by atoms with van der Waals surface area (Å²) in [6.07, 6.45) is 3.24. The van der Waals surface area contributed by atoms with Crippen molar-refractivity contribution in [3.05, 3.63) is 46.3 Å². The molecule has 1 aromatic rings. The van der Waals surface area contributed by atoms with Gasteiger partial charge in [-0.2, -0.15) is 0 Å². The van der Waals surface area contributed by atoms with Crippen LogP contribution in [0, 0.1) is 4.91 Å². The fourth-order valence-electron chi connectivity index (χ4n) is 1.93. The molecule has 0 saturated heterocycles. The van der Waals surface area contributed by atoms with Crippen molar-refractivity contribution in [2.45, 2.75) is 13.5 Å². The van der Waals surface area contributed by atoms with Crippen LogP contribution < -0.4 is 0 Å². The average molecular weight is 275 g/mol. The Labute approximate surface area is 115 Å². The molecule has 0 atom stereocenters. The van der Waals surface area contributed by atoms with Gasteiger partial charge in [-0.25, -0.2) is 4.79 Å². The fourth-order valence-corrected chi connectivity index (χ4v) is 1.93. The predicted octanol–water partition coefficient (Wildman–Crippen LogP) is 1.01. The zero-order valence-electron chi connectivity index (χ0n) is 10.9. The van der Waals surface area contributed by atoms with Gasteiger partial charge in [0.25, 0.3) is 5.91 Å². The number of esters is 1. The van der Waals surface area contributed by atoms with Crippen molar-refractivity contribution in [1.29, 1.82) is 0 Å². The Morgan fingerprint density at radius 3 is 2.95 bits per heavy atom. The largest absolute Gasteiger partial charge is 0.463 e. The first kappa shape index (κ1) is 13.9. The molecule has 0 radical (unpaired) electrons. The van der Waals surface area contributed by atoms with Crippen molar-refractivity contribution < 1.29 is 14.3 Å². The molecule has 2 rings (SSSR count). The summed E-state index contributed by atoms with van der Waals surface area (Å²) < 4.78 is 4.82. The summed E-state index contributed by atoms with van der Waals surface area (Å²) in [6.45, 7) is 2.10. The molecule has 0 aromatic carbocycles. The Balaban J connectivity index is 2.16. The fraction of sp³-hybridized carbons (Fsp3) is 0.308. The van der Waals surface area contributed by atoms with Crippen molar-refractivity contribution in [2.75, 3.05) is 13.2 Å². The lowest BCUT2D eigenvalue weighted by molar-refractivity contribution is -0.138. The highest BCUT2D eigenvalue weighted by Gasteiger charge is 2.35. The summed E-state index contributed by atoms with van der Waals surface area (Å²) in [5, 5.41) is 2.67. The Kier molecular flexibility index (Phi) is 4.19. The van der Waals surface area contributed by atoms with E-state index in [1.807, 2.05) is 0 Å². The second kappa shape index (κ2) is 6.05. The van der Waals surface area contributed by atoms with Crippen LogP contribution in [0.15, 0.2) is 41.0 Å². The molecular weight excluding hydrogens is 262 g/mol. The number of aromatic nitrogens is 1. The average Bonchev–Trinajstić information content (AvgIpc) is 2.77. The number of carbonyl (C=O) groups is 2. The Morgan fingerprint density at radius 1 is 1.55 bits per heavy atom. The minimum Gasteiger partial charge on any atom is -0.463 e. The minimum atomic E-state index is -0.677. The SMILES string of the molecule is CCOC(=O)C1=C(N=O)C(=O)N(Cc2cccnc2)C1. The van der Waals surface area contributed by atoms with Gasteiger partial charge in [-0.1, -0.05) is 6.07 Å². The number of rotatable bonds is 5. The highest BCUT2D eigenvalue weighted by atomic mass is 16.5. The second-order valence-corrected chi connectivity index (χ2v) is 4.16. The van der Waals surface area contributed by atoms with Crippen molar-refractivity contribution in [1.82, 2.24) is 9.88 Å². The molecule has 1 aromatic heterocycles. The van der Waals surface area contributed by atoms with Gasteiger partial charge in [0.05, 0.1) is 18.7 Å². The second-order valence-electron chi connectivity index (χ2n) is 4.16. The standard InChI is InChI=1S/C13H13N3O4/c1-2-20-13(18)10-8-16(12(17)11(10)15-19)7-9-4-3-5-14-6-9/h3-6H,2,7-8H2,1H3. The van der Waals surface area contributed by atoms with E-state index in [0.29, 0.717) is 0 Å². The Morgan fingerprint density at radius 2 is 2.35 bits per heavy atom. The first-order chi connectivity index (χ1) is 9.67. The number of hydrogen-bond acceptors (Lipinski definition) is 6. The summed E-state index contributed by atoms with van der Waals surface area (Å²) in [5.41, 5.74) is 0.444. The van der Waals surface area contributed by atoms with E-state index in [9.17, 15) is 14.5 Å². The van der Waals surface area contributed by atoms with Crippen LogP contribution in [0.4, 0.5) is 0 Å². The van der Waals surface area contributed by atoms with E-state index in [1.54, 1.807) is 31.5 Å². The van der Waals surface area contributed by atoms with Gasteiger partial charge >= 0.3 is 5.97 Å². The van der Waals surface area contributed by atoms with Crippen molar-refractivity contribution in [3.8, 4) is 0 Å². The molecule has 0 fully saturated rings. The minimum absolute atomic E-state index is 0.00994. The first-order valence-electron chi connectivity index (χ1n) is 6.09. The van der Waals surface area contributed by atoms with Gasteiger partial charge in [0, 0.05) is 18.9 Å². The van der Waals surface area contributed by atoms with E-state index >= 15 is 0 Å². The van der Waals surface area contributed by atoms with Crippen LogP contribution in [0.5, 0.6) is 0 Å². The topological polar surface area (TPSA) is 88.9 Å². The number of hydrogen-bond donors (Lipinski definition) is 0. The molecule has 0 aliphatic carbocycles. The van der Waals surface area contributed by atoms with Crippen molar-refractivity contribution in [2.24, 2.45) is 5.18 Å². The maximum absolute atomic E-state index is 12.0. The molecule has 1 aliphatic heterocycles. The summed E-state index contributed by atoms with van der Waals surface area (Å²) >= 11 is 0. The van der Waals surface area contributed by atoms with Crippen molar-refractivity contribution in [3.63, 3.8) is 0 Å². The number of pyridine rings is 1. The molecule has 0 spiro atoms. The molecule has 1 amide bonds. The van der Waals surface area contributed by atoms with E-state index in [4.69, 9.17) is 4.74 Å². The summed E-state index contributed by atoms with van der Waals surface area (Å²) in [5.74, 6) is -1.24. The first-order valence-corrected chi connectivity index (χ1v) is 6.09. The summed E-state index contributed by atoms with van der Waals surface area (Å²) in [7, 11) is 0. The molecule has 0 unspecified atom stereocenters. The van der Waals surface area contributed by atoms with E-state index in [0.717, 1.165) is 5.56 Å². The van der Waals surface area contributed by atoms with Gasteiger partial charge in [0.2, 0.25) is 0 Å². The van der Waals surface area contributed by atoms with E-state index in [-0.39, 0.29) is 31.0 Å². The van der Waals surface area contributed by atoms with Gasteiger partial charge < -0.3 is 9.64 Å². The van der Waals surface area contributed by atoms with E-state index < -0.39 is 11.9 Å². The maximum atomic E-state index is 12.0. The van der Waals surface area contributed by atoms with Gasteiger partial charge in [-0.3, -0.25) is 9.78 Å². The smallest absolute Gasteiger partial charge is 0.338 e. The normalized spacial score (nSPS) is 14.7. The van der Waals surface area contributed by atoms with Crippen LogP contribution in [0.25, 0.3) is 0 Å². The third-order valence-electron chi connectivity index (χ3n) is 2.83. The van der Waals surface area contributed by atoms with Crippen molar-refractivity contribution >= 4 is 11.9 Å². The van der Waals surface area contributed by atoms with Crippen LogP contribution in [-0.4, -0.2) is 34.9 Å². The summed E-state index contributed by atoms with van der Waals surface area (Å²) in [6, 6.07) is 3.55. The molecule has 2 heterocycles. The van der Waals surface area contributed by atoms with Crippen LogP contribution in [0.1, 0.15) is 12.5 Å². The van der Waals surface area contributed by atoms with Gasteiger partial charge in [-0.15, -0.1) is 4.91 Å². The lowest BCUT2D eigenvalue weighted by Gasteiger charge is -2.15. The predicted molar refractivity (Wildman–Crippen MR) is 69.1 cm³/mol. The third-order valence-corrected chi connectivity index (χ3v) is 2.83. The number of nitroso groups, excluding NO2 is 1. The highest BCUT2D eigenvalue weighted by Crippen LogP contribution is 2.23. The molecule has 20 heavy (non-hydrogen) atoms. The molecule has 0 bridgehead atoms. The number of nitrogens with zero attached hydrogens (tertiary/aromatic N) is 3. The lowest BCUT2D eigenvalue weighted by atomic mass is 10.2. The Bertz CT molecular complexity index is 568. The van der Waals surface area contributed by atoms with Crippen LogP contribution in [-0.2, 0) is 20.9 Å². The molecular formula is C13H13N3O4. The maximum Gasteiger partial charge on any atom is 0.338 e. The van der Waals surface area contributed by atoms with Gasteiger partial charge in [-0.05, 0) is 23.7 Å². The van der Waals surface area contributed by atoms with Crippen LogP contribution >= 0.6 is 0 Å². The van der Waals surface area contributed by atoms with Crippen LogP contribution in [0.2, 0.25) is 0 Å². The summed E-state index contributed by atoms with van der Waals surface area (Å²) in [4.78, 5) is 39.8. The zero-order chi connectivity index (χ0) is 14.5. The quantitative estimate of drug-likeness (QED) is 0.591. The molecule has 7 heteroatoms. The molecule has 0 saturated carbocycles. The van der Waals surface area contributed by atoms with Crippen LogP contribution in [0.3, 0.4) is 0 Å².